The highest BCUT2D eigenvalue weighted by Gasteiger charge is 2.44. The zero-order valence-corrected chi connectivity index (χ0v) is 8.12. The molecule has 1 saturated carbocycles. The Balaban J connectivity index is 2.54. The Bertz CT molecular complexity index is 402. The first-order valence-corrected chi connectivity index (χ1v) is 4.64. The molecule has 0 saturated heterocycles. The molecule has 5 heteroatoms. The first-order chi connectivity index (χ1) is 6.53. The summed E-state index contributed by atoms with van der Waals surface area (Å²) in [5.41, 5.74) is 6.03. The van der Waals surface area contributed by atoms with Gasteiger partial charge in [0.15, 0.2) is 0 Å². The molecule has 0 bridgehead atoms. The van der Waals surface area contributed by atoms with Gasteiger partial charge in [-0.2, -0.15) is 0 Å². The average molecular weight is 213 g/mol. The number of hydrogen-bond acceptors (Lipinski definition) is 3. The van der Waals surface area contributed by atoms with E-state index in [2.05, 4.69) is 0 Å². The molecular formula is C9H9ClN2O2. The SMILES string of the molecule is NC1(c2ccc(Cl)cc2[N+](=O)[O-])CC1. The van der Waals surface area contributed by atoms with E-state index in [1.165, 1.54) is 6.07 Å². The summed E-state index contributed by atoms with van der Waals surface area (Å²) < 4.78 is 0. The Morgan fingerprint density at radius 3 is 2.64 bits per heavy atom. The van der Waals surface area contributed by atoms with Crippen LogP contribution in [-0.4, -0.2) is 4.92 Å². The fourth-order valence-electron chi connectivity index (χ4n) is 1.48. The maximum Gasteiger partial charge on any atom is 0.275 e. The molecule has 4 nitrogen and oxygen atoms in total. The van der Waals surface area contributed by atoms with Crippen LogP contribution in [0.15, 0.2) is 18.2 Å². The van der Waals surface area contributed by atoms with Gasteiger partial charge in [0.25, 0.3) is 5.69 Å². The number of benzene rings is 1. The molecular weight excluding hydrogens is 204 g/mol. The van der Waals surface area contributed by atoms with Gasteiger partial charge in [-0.3, -0.25) is 10.1 Å². The van der Waals surface area contributed by atoms with Gasteiger partial charge in [0.1, 0.15) is 0 Å². The molecule has 0 aromatic heterocycles. The lowest BCUT2D eigenvalue weighted by Crippen LogP contribution is -2.20. The second kappa shape index (κ2) is 2.93. The predicted octanol–water partition coefficient (Wildman–Crippen LogP) is 2.20. The molecule has 2 N–H and O–H groups in total. The molecule has 0 spiro atoms. The van der Waals surface area contributed by atoms with E-state index in [4.69, 9.17) is 17.3 Å². The fourth-order valence-corrected chi connectivity index (χ4v) is 1.65. The van der Waals surface area contributed by atoms with E-state index in [0.29, 0.717) is 10.6 Å². The molecule has 14 heavy (non-hydrogen) atoms. The normalized spacial score (nSPS) is 17.9. The third-order valence-corrected chi connectivity index (χ3v) is 2.72. The van der Waals surface area contributed by atoms with Gasteiger partial charge in [0.05, 0.1) is 4.92 Å². The molecule has 1 aliphatic rings. The van der Waals surface area contributed by atoms with Crippen molar-refractivity contribution in [2.75, 3.05) is 0 Å². The van der Waals surface area contributed by atoms with Gasteiger partial charge in [-0.1, -0.05) is 11.6 Å². The van der Waals surface area contributed by atoms with Crippen LogP contribution in [0.4, 0.5) is 5.69 Å². The van der Waals surface area contributed by atoms with Crippen LogP contribution in [0.3, 0.4) is 0 Å². The summed E-state index contributed by atoms with van der Waals surface area (Å²) in [6.45, 7) is 0. The topological polar surface area (TPSA) is 69.2 Å². The van der Waals surface area contributed by atoms with Gasteiger partial charge < -0.3 is 5.73 Å². The molecule has 1 fully saturated rings. The van der Waals surface area contributed by atoms with Crippen molar-refractivity contribution in [2.45, 2.75) is 18.4 Å². The summed E-state index contributed by atoms with van der Waals surface area (Å²) in [4.78, 5) is 10.3. The van der Waals surface area contributed by atoms with Gasteiger partial charge >= 0.3 is 0 Å². The van der Waals surface area contributed by atoms with Crippen molar-refractivity contribution in [3.63, 3.8) is 0 Å². The lowest BCUT2D eigenvalue weighted by molar-refractivity contribution is -0.385. The molecule has 0 heterocycles. The van der Waals surface area contributed by atoms with Crippen molar-refractivity contribution in [3.8, 4) is 0 Å². The largest absolute Gasteiger partial charge is 0.321 e. The summed E-state index contributed by atoms with van der Waals surface area (Å²) in [5.74, 6) is 0. The van der Waals surface area contributed by atoms with E-state index >= 15 is 0 Å². The number of nitrogens with zero attached hydrogens (tertiary/aromatic N) is 1. The van der Waals surface area contributed by atoms with Crippen molar-refractivity contribution in [2.24, 2.45) is 5.73 Å². The Kier molecular flexibility index (Phi) is 1.97. The minimum Gasteiger partial charge on any atom is -0.321 e. The highest BCUT2D eigenvalue weighted by Crippen LogP contribution is 2.46. The zero-order chi connectivity index (χ0) is 10.3. The van der Waals surface area contributed by atoms with Crippen molar-refractivity contribution in [1.29, 1.82) is 0 Å². The van der Waals surface area contributed by atoms with E-state index in [0.717, 1.165) is 12.8 Å². The second-order valence-corrected chi connectivity index (χ2v) is 4.01. The molecule has 74 valence electrons. The molecule has 0 unspecified atom stereocenters. The standard InChI is InChI=1S/C9H9ClN2O2/c10-6-1-2-7(9(11)3-4-9)8(5-6)12(13)14/h1-2,5H,3-4,11H2. The van der Waals surface area contributed by atoms with E-state index < -0.39 is 10.5 Å². The highest BCUT2D eigenvalue weighted by atomic mass is 35.5. The highest BCUT2D eigenvalue weighted by molar-refractivity contribution is 6.30. The maximum atomic E-state index is 10.7. The molecule has 2 rings (SSSR count). The number of nitro groups is 1. The van der Waals surface area contributed by atoms with Crippen LogP contribution in [0, 0.1) is 10.1 Å². The number of hydrogen-bond donors (Lipinski definition) is 1. The molecule has 0 atom stereocenters. The van der Waals surface area contributed by atoms with Crippen molar-refractivity contribution >= 4 is 17.3 Å². The summed E-state index contributed by atoms with van der Waals surface area (Å²) >= 11 is 5.69. The monoisotopic (exact) mass is 212 g/mol. The summed E-state index contributed by atoms with van der Waals surface area (Å²) in [7, 11) is 0. The number of halogens is 1. The zero-order valence-electron chi connectivity index (χ0n) is 7.37. The van der Waals surface area contributed by atoms with E-state index in [1.54, 1.807) is 12.1 Å². The smallest absolute Gasteiger partial charge is 0.275 e. The van der Waals surface area contributed by atoms with Crippen molar-refractivity contribution in [3.05, 3.63) is 38.9 Å². The lowest BCUT2D eigenvalue weighted by atomic mass is 10.0. The molecule has 1 aliphatic carbocycles. The summed E-state index contributed by atoms with van der Waals surface area (Å²) in [6, 6.07) is 4.63. The second-order valence-electron chi connectivity index (χ2n) is 3.57. The van der Waals surface area contributed by atoms with Gasteiger partial charge in [-0.05, 0) is 25.0 Å². The molecule has 0 aliphatic heterocycles. The van der Waals surface area contributed by atoms with Crippen LogP contribution >= 0.6 is 11.6 Å². The van der Waals surface area contributed by atoms with Crippen molar-refractivity contribution < 1.29 is 4.92 Å². The van der Waals surface area contributed by atoms with Crippen LogP contribution < -0.4 is 5.73 Å². The number of rotatable bonds is 2. The van der Waals surface area contributed by atoms with Gasteiger partial charge in [-0.15, -0.1) is 0 Å². The van der Waals surface area contributed by atoms with Crippen LogP contribution in [-0.2, 0) is 5.54 Å². The van der Waals surface area contributed by atoms with Crippen LogP contribution in [0.2, 0.25) is 5.02 Å². The number of nitro benzene ring substituents is 1. The Morgan fingerprint density at radius 2 is 2.14 bits per heavy atom. The summed E-state index contributed by atoms with van der Waals surface area (Å²) in [6.07, 6.45) is 1.60. The fraction of sp³-hybridized carbons (Fsp3) is 0.333. The molecule has 0 amide bonds. The van der Waals surface area contributed by atoms with E-state index in [-0.39, 0.29) is 5.69 Å². The van der Waals surface area contributed by atoms with E-state index in [1.807, 2.05) is 0 Å². The first kappa shape index (κ1) is 9.43. The average Bonchev–Trinajstić information content (AvgIpc) is 2.84. The minimum atomic E-state index is -0.493. The molecule has 0 radical (unpaired) electrons. The van der Waals surface area contributed by atoms with Gasteiger partial charge in [0, 0.05) is 22.2 Å². The van der Waals surface area contributed by atoms with Crippen molar-refractivity contribution in [1.82, 2.24) is 0 Å². The van der Waals surface area contributed by atoms with Gasteiger partial charge in [-0.25, -0.2) is 0 Å². The molecule has 1 aromatic rings. The third-order valence-electron chi connectivity index (χ3n) is 2.48. The minimum absolute atomic E-state index is 0.0255. The Morgan fingerprint density at radius 1 is 1.50 bits per heavy atom. The Hall–Kier alpha value is -1.13. The quantitative estimate of drug-likeness (QED) is 0.604. The van der Waals surface area contributed by atoms with Crippen LogP contribution in [0.1, 0.15) is 18.4 Å². The number of nitrogens with two attached hydrogens (primary N) is 1. The lowest BCUT2D eigenvalue weighted by Gasteiger charge is -2.09. The first-order valence-electron chi connectivity index (χ1n) is 4.26. The summed E-state index contributed by atoms with van der Waals surface area (Å²) in [5, 5.41) is 11.1. The maximum absolute atomic E-state index is 10.7. The van der Waals surface area contributed by atoms with E-state index in [9.17, 15) is 10.1 Å². The van der Waals surface area contributed by atoms with Crippen LogP contribution in [0.5, 0.6) is 0 Å². The molecule has 1 aromatic carbocycles. The predicted molar refractivity (Wildman–Crippen MR) is 53.2 cm³/mol. The van der Waals surface area contributed by atoms with Gasteiger partial charge in [0.2, 0.25) is 0 Å². The Labute approximate surface area is 85.8 Å². The van der Waals surface area contributed by atoms with Crippen LogP contribution in [0.25, 0.3) is 0 Å². The third kappa shape index (κ3) is 1.47.